The molecule has 0 heterocycles. The lowest BCUT2D eigenvalue weighted by Crippen LogP contribution is -2.45. The summed E-state index contributed by atoms with van der Waals surface area (Å²) >= 11 is 0. The molecule has 19 heavy (non-hydrogen) atoms. The van der Waals surface area contributed by atoms with Crippen molar-refractivity contribution in [2.75, 3.05) is 6.54 Å². The Bertz CT molecular complexity index is 307. The van der Waals surface area contributed by atoms with E-state index < -0.39 is 5.97 Å². The zero-order valence-electron chi connectivity index (χ0n) is 11.9. The van der Waals surface area contributed by atoms with E-state index in [0.29, 0.717) is 12.5 Å². The van der Waals surface area contributed by atoms with Crippen LogP contribution in [0.15, 0.2) is 0 Å². The molecule has 0 spiro atoms. The monoisotopic (exact) mass is 270 g/mol. The van der Waals surface area contributed by atoms with E-state index in [1.807, 2.05) is 6.92 Å². The second kappa shape index (κ2) is 8.02. The third kappa shape index (κ3) is 6.45. The minimum atomic E-state index is -0.827. The predicted octanol–water partition coefficient (Wildman–Crippen LogP) is 2.37. The van der Waals surface area contributed by atoms with Gasteiger partial charge in [0.1, 0.15) is 0 Å². The largest absolute Gasteiger partial charge is 0.481 e. The number of carboxylic acid groups (broad SMARTS) is 1. The van der Waals surface area contributed by atoms with Gasteiger partial charge in [0.2, 0.25) is 0 Å². The van der Waals surface area contributed by atoms with Crippen LogP contribution in [0.3, 0.4) is 0 Å². The normalized spacial score (nSPS) is 25.2. The second-order valence-electron chi connectivity index (χ2n) is 5.78. The lowest BCUT2D eigenvalue weighted by atomic mass is 9.97. The van der Waals surface area contributed by atoms with E-state index in [1.54, 1.807) is 0 Å². The molecule has 1 aliphatic rings. The Morgan fingerprint density at radius 3 is 2.63 bits per heavy atom. The number of hydrogen-bond donors (Lipinski definition) is 3. The molecule has 0 saturated heterocycles. The van der Waals surface area contributed by atoms with Crippen molar-refractivity contribution < 1.29 is 14.7 Å². The van der Waals surface area contributed by atoms with Crippen molar-refractivity contribution in [3.05, 3.63) is 0 Å². The maximum atomic E-state index is 11.8. The van der Waals surface area contributed by atoms with Gasteiger partial charge >= 0.3 is 12.0 Å². The predicted molar refractivity (Wildman–Crippen MR) is 74.0 cm³/mol. The van der Waals surface area contributed by atoms with Gasteiger partial charge in [0, 0.05) is 19.0 Å². The lowest BCUT2D eigenvalue weighted by Gasteiger charge is -2.23. The first kappa shape index (κ1) is 15.8. The van der Waals surface area contributed by atoms with Gasteiger partial charge in [-0.1, -0.05) is 33.1 Å². The average Bonchev–Trinajstić information content (AvgIpc) is 2.52. The van der Waals surface area contributed by atoms with E-state index in [4.69, 9.17) is 5.11 Å². The van der Waals surface area contributed by atoms with Crippen molar-refractivity contribution >= 4 is 12.0 Å². The molecule has 1 aliphatic carbocycles. The molecule has 2 amide bonds. The van der Waals surface area contributed by atoms with Gasteiger partial charge in [-0.3, -0.25) is 4.79 Å². The fourth-order valence-electron chi connectivity index (χ4n) is 2.56. The number of carboxylic acids is 1. The Morgan fingerprint density at radius 2 is 1.95 bits per heavy atom. The molecule has 0 aromatic heterocycles. The fourth-order valence-corrected chi connectivity index (χ4v) is 2.56. The van der Waals surface area contributed by atoms with Gasteiger partial charge in [-0.05, 0) is 24.7 Å². The summed E-state index contributed by atoms with van der Waals surface area (Å²) in [5.41, 5.74) is 0. The molecule has 5 nitrogen and oxygen atoms in total. The number of nitrogens with one attached hydrogen (secondary N) is 2. The first-order valence-electron chi connectivity index (χ1n) is 7.25. The molecule has 5 heteroatoms. The Morgan fingerprint density at radius 1 is 1.26 bits per heavy atom. The summed E-state index contributed by atoms with van der Waals surface area (Å²) in [6.07, 6.45) is 5.96. The van der Waals surface area contributed by atoms with Crippen LogP contribution in [0.4, 0.5) is 4.79 Å². The van der Waals surface area contributed by atoms with Crippen LogP contribution >= 0.6 is 0 Å². The summed E-state index contributed by atoms with van der Waals surface area (Å²) in [5, 5.41) is 14.4. The Hall–Kier alpha value is -1.26. The van der Waals surface area contributed by atoms with E-state index in [9.17, 15) is 9.59 Å². The number of aliphatic carboxylic acids is 1. The van der Waals surface area contributed by atoms with Crippen LogP contribution in [0.1, 0.15) is 52.4 Å². The highest BCUT2D eigenvalue weighted by molar-refractivity contribution is 5.74. The van der Waals surface area contributed by atoms with Crippen molar-refractivity contribution in [1.82, 2.24) is 10.6 Å². The first-order valence-corrected chi connectivity index (χ1v) is 7.25. The van der Waals surface area contributed by atoms with Crippen molar-refractivity contribution in [3.63, 3.8) is 0 Å². The third-order valence-corrected chi connectivity index (χ3v) is 3.81. The van der Waals surface area contributed by atoms with Crippen LogP contribution in [-0.2, 0) is 4.79 Å². The fraction of sp³-hybridized carbons (Fsp3) is 0.857. The van der Waals surface area contributed by atoms with Crippen LogP contribution < -0.4 is 10.6 Å². The summed E-state index contributed by atoms with van der Waals surface area (Å²) in [6, 6.07) is 0.0771. The van der Waals surface area contributed by atoms with Gasteiger partial charge < -0.3 is 15.7 Å². The van der Waals surface area contributed by atoms with Crippen molar-refractivity contribution in [2.45, 2.75) is 58.4 Å². The number of carbonyl (C=O) groups excluding carboxylic acids is 1. The molecule has 1 fully saturated rings. The first-order chi connectivity index (χ1) is 8.99. The lowest BCUT2D eigenvalue weighted by molar-refractivity contribution is -0.137. The molecule has 0 aliphatic heterocycles. The number of carbonyl (C=O) groups is 2. The van der Waals surface area contributed by atoms with E-state index in [2.05, 4.69) is 17.6 Å². The van der Waals surface area contributed by atoms with Crippen molar-refractivity contribution in [1.29, 1.82) is 0 Å². The highest BCUT2D eigenvalue weighted by Crippen LogP contribution is 2.22. The molecule has 1 rings (SSSR count). The molecule has 110 valence electrons. The van der Waals surface area contributed by atoms with Gasteiger partial charge in [-0.2, -0.15) is 0 Å². The minimum Gasteiger partial charge on any atom is -0.481 e. The third-order valence-electron chi connectivity index (χ3n) is 3.81. The van der Waals surface area contributed by atoms with Gasteiger partial charge in [0.05, 0.1) is 0 Å². The Kier molecular flexibility index (Phi) is 6.67. The molecule has 0 radical (unpaired) electrons. The summed E-state index contributed by atoms with van der Waals surface area (Å²) in [7, 11) is 0. The molecule has 0 aromatic rings. The van der Waals surface area contributed by atoms with E-state index >= 15 is 0 Å². The van der Waals surface area contributed by atoms with Crippen LogP contribution in [-0.4, -0.2) is 29.7 Å². The Balaban J connectivity index is 2.27. The van der Waals surface area contributed by atoms with Gasteiger partial charge in [-0.15, -0.1) is 0 Å². The van der Waals surface area contributed by atoms with Crippen molar-refractivity contribution in [3.8, 4) is 0 Å². The van der Waals surface area contributed by atoms with Gasteiger partial charge in [-0.25, -0.2) is 4.79 Å². The highest BCUT2D eigenvalue weighted by atomic mass is 16.4. The number of amides is 2. The standard InChI is InChI=1S/C14H26N2O3/c1-10(8-13(17)18)9-15-14(19)16-12-7-5-3-4-6-11(12)2/h10-12H,3-9H2,1-2H3,(H,17,18)(H2,15,16,19). The van der Waals surface area contributed by atoms with Crippen molar-refractivity contribution in [2.24, 2.45) is 11.8 Å². The van der Waals surface area contributed by atoms with Crippen LogP contribution in [0, 0.1) is 11.8 Å². The van der Waals surface area contributed by atoms with Crippen LogP contribution in [0.25, 0.3) is 0 Å². The zero-order chi connectivity index (χ0) is 14.3. The molecule has 3 unspecified atom stereocenters. The molecular weight excluding hydrogens is 244 g/mol. The summed E-state index contributed by atoms with van der Waals surface area (Å²) in [4.78, 5) is 22.3. The summed E-state index contributed by atoms with van der Waals surface area (Å²) in [6.45, 7) is 4.41. The molecular formula is C14H26N2O3. The topological polar surface area (TPSA) is 78.4 Å². The molecule has 0 bridgehead atoms. The quantitative estimate of drug-likeness (QED) is 0.671. The second-order valence-corrected chi connectivity index (χ2v) is 5.78. The smallest absolute Gasteiger partial charge is 0.315 e. The van der Waals surface area contributed by atoms with E-state index in [0.717, 1.165) is 6.42 Å². The maximum absolute atomic E-state index is 11.8. The molecule has 3 atom stereocenters. The summed E-state index contributed by atoms with van der Waals surface area (Å²) < 4.78 is 0. The maximum Gasteiger partial charge on any atom is 0.315 e. The number of rotatable bonds is 5. The van der Waals surface area contributed by atoms with Crippen LogP contribution in [0.2, 0.25) is 0 Å². The average molecular weight is 270 g/mol. The van der Waals surface area contributed by atoms with Crippen LogP contribution in [0.5, 0.6) is 0 Å². The molecule has 0 aromatic carbocycles. The highest BCUT2D eigenvalue weighted by Gasteiger charge is 2.21. The number of hydrogen-bond acceptors (Lipinski definition) is 2. The number of urea groups is 1. The summed E-state index contributed by atoms with van der Waals surface area (Å²) in [5.74, 6) is -0.355. The zero-order valence-corrected chi connectivity index (χ0v) is 11.9. The van der Waals surface area contributed by atoms with Gasteiger partial charge in [0.25, 0.3) is 0 Å². The molecule has 3 N–H and O–H groups in total. The van der Waals surface area contributed by atoms with E-state index in [1.165, 1.54) is 25.7 Å². The Labute approximate surface area is 115 Å². The van der Waals surface area contributed by atoms with Gasteiger partial charge in [0.15, 0.2) is 0 Å². The SMILES string of the molecule is CC(CNC(=O)NC1CCCCCC1C)CC(=O)O. The minimum absolute atomic E-state index is 0.0465. The molecule has 1 saturated carbocycles. The van der Waals surface area contributed by atoms with E-state index in [-0.39, 0.29) is 24.4 Å².